The van der Waals surface area contributed by atoms with Crippen molar-refractivity contribution in [3.8, 4) is 5.75 Å². The van der Waals surface area contributed by atoms with E-state index in [1.165, 1.54) is 6.07 Å². The number of amides is 1. The summed E-state index contributed by atoms with van der Waals surface area (Å²) in [6.07, 6.45) is -4.05. The van der Waals surface area contributed by atoms with Gasteiger partial charge in [-0.15, -0.1) is 0 Å². The maximum Gasteiger partial charge on any atom is 0.422 e. The maximum atomic E-state index is 12.3. The lowest BCUT2D eigenvalue weighted by Gasteiger charge is -2.15. The van der Waals surface area contributed by atoms with Crippen LogP contribution in [0, 0.1) is 0 Å². The molecule has 2 aromatic rings. The van der Waals surface area contributed by atoms with Crippen LogP contribution in [0.25, 0.3) is 0 Å². The summed E-state index contributed by atoms with van der Waals surface area (Å²) in [6, 6.07) is 14.8. The Labute approximate surface area is 143 Å². The quantitative estimate of drug-likeness (QED) is 0.805. The molecule has 0 unspecified atom stereocenters. The Morgan fingerprint density at radius 1 is 1.08 bits per heavy atom. The summed E-state index contributed by atoms with van der Waals surface area (Å²) in [7, 11) is 0. The fourth-order valence-corrected chi connectivity index (χ4v) is 2.22. The third-order valence-electron chi connectivity index (χ3n) is 3.45. The molecule has 0 aromatic heterocycles. The van der Waals surface area contributed by atoms with E-state index in [1.54, 1.807) is 18.2 Å². The van der Waals surface area contributed by atoms with Crippen LogP contribution in [0.15, 0.2) is 54.6 Å². The van der Waals surface area contributed by atoms with Gasteiger partial charge in [-0.3, -0.25) is 4.79 Å². The van der Waals surface area contributed by atoms with E-state index in [9.17, 15) is 18.0 Å². The molecule has 0 aliphatic rings. The molecule has 1 amide bonds. The summed E-state index contributed by atoms with van der Waals surface area (Å²) in [5.41, 5.74) is 7.26. The number of carbonyl (C=O) groups is 1. The molecule has 3 N–H and O–H groups in total. The van der Waals surface area contributed by atoms with Gasteiger partial charge >= 0.3 is 6.18 Å². The largest absolute Gasteiger partial charge is 0.484 e. The van der Waals surface area contributed by atoms with Crippen LogP contribution in [0.5, 0.6) is 5.75 Å². The first-order chi connectivity index (χ1) is 11.8. The Balaban J connectivity index is 1.91. The van der Waals surface area contributed by atoms with Crippen molar-refractivity contribution < 1.29 is 22.7 Å². The van der Waals surface area contributed by atoms with Crippen molar-refractivity contribution >= 4 is 5.91 Å². The summed E-state index contributed by atoms with van der Waals surface area (Å²) in [4.78, 5) is 12.1. The van der Waals surface area contributed by atoms with Gasteiger partial charge in [0.2, 0.25) is 5.91 Å². The molecule has 0 bridgehead atoms. The SMILES string of the molecule is N[C@@H](Cc1ccccc1)C(=O)NCc1ccccc1OCC(F)(F)F. The molecule has 2 aromatic carbocycles. The van der Waals surface area contributed by atoms with E-state index >= 15 is 0 Å². The van der Waals surface area contributed by atoms with Crippen LogP contribution in [-0.2, 0) is 17.8 Å². The van der Waals surface area contributed by atoms with Crippen molar-refractivity contribution in [2.24, 2.45) is 5.73 Å². The van der Waals surface area contributed by atoms with Crippen LogP contribution in [0.1, 0.15) is 11.1 Å². The molecule has 0 saturated carbocycles. The predicted molar refractivity (Wildman–Crippen MR) is 88.0 cm³/mol. The van der Waals surface area contributed by atoms with E-state index in [0.29, 0.717) is 12.0 Å². The fourth-order valence-electron chi connectivity index (χ4n) is 2.22. The Bertz CT molecular complexity index is 690. The molecule has 0 radical (unpaired) electrons. The number of nitrogens with one attached hydrogen (secondary N) is 1. The van der Waals surface area contributed by atoms with E-state index in [4.69, 9.17) is 10.5 Å². The molecule has 0 aliphatic carbocycles. The van der Waals surface area contributed by atoms with Crippen LogP contribution >= 0.6 is 0 Å². The summed E-state index contributed by atoms with van der Waals surface area (Å²) in [5.74, 6) is -0.300. The molecule has 0 fully saturated rings. The lowest BCUT2D eigenvalue weighted by Crippen LogP contribution is -2.41. The van der Waals surface area contributed by atoms with Crippen LogP contribution in [-0.4, -0.2) is 24.7 Å². The fraction of sp³-hybridized carbons (Fsp3) is 0.278. The zero-order valence-electron chi connectivity index (χ0n) is 13.4. The van der Waals surface area contributed by atoms with Gasteiger partial charge in [0.05, 0.1) is 6.04 Å². The Morgan fingerprint density at radius 2 is 1.72 bits per heavy atom. The second-order valence-corrected chi connectivity index (χ2v) is 5.53. The number of nitrogens with two attached hydrogens (primary N) is 1. The van der Waals surface area contributed by atoms with Crippen LogP contribution in [0.4, 0.5) is 13.2 Å². The maximum absolute atomic E-state index is 12.3. The van der Waals surface area contributed by atoms with Crippen LogP contribution in [0.2, 0.25) is 0 Å². The standard InChI is InChI=1S/C18H19F3N2O2/c19-18(20,21)12-25-16-9-5-4-8-14(16)11-23-17(24)15(22)10-13-6-2-1-3-7-13/h1-9,15H,10-12,22H2,(H,23,24)/t15-/m0/s1. The predicted octanol–water partition coefficient (Wildman–Crippen LogP) is 2.81. The lowest BCUT2D eigenvalue weighted by atomic mass is 10.1. The number of ether oxygens (including phenoxy) is 1. The van der Waals surface area contributed by atoms with Gasteiger partial charge < -0.3 is 15.8 Å². The lowest BCUT2D eigenvalue weighted by molar-refractivity contribution is -0.153. The molecule has 2 rings (SSSR count). The van der Waals surface area contributed by atoms with E-state index in [2.05, 4.69) is 5.32 Å². The Hall–Kier alpha value is -2.54. The van der Waals surface area contributed by atoms with Gasteiger partial charge in [-0.05, 0) is 18.1 Å². The van der Waals surface area contributed by atoms with Crippen molar-refractivity contribution in [1.82, 2.24) is 5.32 Å². The van der Waals surface area contributed by atoms with Crippen molar-refractivity contribution in [3.63, 3.8) is 0 Å². The van der Waals surface area contributed by atoms with Crippen molar-refractivity contribution in [1.29, 1.82) is 0 Å². The molecule has 1 atom stereocenters. The van der Waals surface area contributed by atoms with Crippen molar-refractivity contribution in [2.45, 2.75) is 25.2 Å². The Morgan fingerprint density at radius 3 is 2.40 bits per heavy atom. The number of hydrogen-bond donors (Lipinski definition) is 2. The average Bonchev–Trinajstić information content (AvgIpc) is 2.58. The first kappa shape index (κ1) is 18.8. The Kier molecular flexibility index (Phi) is 6.41. The van der Waals surface area contributed by atoms with Gasteiger partial charge in [0.1, 0.15) is 5.75 Å². The first-order valence-corrected chi connectivity index (χ1v) is 7.70. The van der Waals surface area contributed by atoms with Gasteiger partial charge in [0.25, 0.3) is 0 Å². The van der Waals surface area contributed by atoms with Gasteiger partial charge in [0, 0.05) is 12.1 Å². The molecule has 0 aliphatic heterocycles. The normalized spacial score (nSPS) is 12.5. The summed E-state index contributed by atoms with van der Waals surface area (Å²) in [6.45, 7) is -1.35. The summed E-state index contributed by atoms with van der Waals surface area (Å²) >= 11 is 0. The zero-order valence-corrected chi connectivity index (χ0v) is 13.4. The third kappa shape index (κ3) is 6.46. The smallest absolute Gasteiger partial charge is 0.422 e. The minimum Gasteiger partial charge on any atom is -0.484 e. The second kappa shape index (κ2) is 8.53. The number of hydrogen-bond acceptors (Lipinski definition) is 3. The molecule has 7 heteroatoms. The third-order valence-corrected chi connectivity index (χ3v) is 3.45. The molecule has 0 heterocycles. The molecule has 4 nitrogen and oxygen atoms in total. The number of carbonyl (C=O) groups excluding carboxylic acids is 1. The monoisotopic (exact) mass is 352 g/mol. The first-order valence-electron chi connectivity index (χ1n) is 7.70. The molecule has 25 heavy (non-hydrogen) atoms. The van der Waals surface area contributed by atoms with E-state index < -0.39 is 18.8 Å². The van der Waals surface area contributed by atoms with Gasteiger partial charge in [-0.25, -0.2) is 0 Å². The highest BCUT2D eigenvalue weighted by Gasteiger charge is 2.28. The summed E-state index contributed by atoms with van der Waals surface area (Å²) < 4.78 is 41.6. The van der Waals surface area contributed by atoms with Gasteiger partial charge in [-0.2, -0.15) is 13.2 Å². The summed E-state index contributed by atoms with van der Waals surface area (Å²) in [5, 5.41) is 2.63. The van der Waals surface area contributed by atoms with Gasteiger partial charge in [-0.1, -0.05) is 48.5 Å². The average molecular weight is 352 g/mol. The number of halogens is 3. The minimum atomic E-state index is -4.42. The highest BCUT2D eigenvalue weighted by molar-refractivity contribution is 5.81. The van der Waals surface area contributed by atoms with Crippen molar-refractivity contribution in [3.05, 3.63) is 65.7 Å². The highest BCUT2D eigenvalue weighted by Crippen LogP contribution is 2.22. The minimum absolute atomic E-state index is 0.0371. The molecule has 0 spiro atoms. The topological polar surface area (TPSA) is 64.4 Å². The number of alkyl halides is 3. The van der Waals surface area contributed by atoms with Crippen LogP contribution in [0.3, 0.4) is 0 Å². The number of rotatable bonds is 7. The van der Waals surface area contributed by atoms with E-state index in [1.807, 2.05) is 30.3 Å². The number of para-hydroxylation sites is 1. The zero-order chi connectivity index (χ0) is 18.3. The van der Waals surface area contributed by atoms with E-state index in [0.717, 1.165) is 5.56 Å². The molecule has 134 valence electrons. The molecular formula is C18H19F3N2O2. The molecule has 0 saturated heterocycles. The van der Waals surface area contributed by atoms with Crippen molar-refractivity contribution in [2.75, 3.05) is 6.61 Å². The second-order valence-electron chi connectivity index (χ2n) is 5.53. The number of benzene rings is 2. The van der Waals surface area contributed by atoms with Crippen LogP contribution < -0.4 is 15.8 Å². The highest BCUT2D eigenvalue weighted by atomic mass is 19.4. The van der Waals surface area contributed by atoms with E-state index in [-0.39, 0.29) is 18.2 Å². The molecular weight excluding hydrogens is 333 g/mol. The van der Waals surface area contributed by atoms with Gasteiger partial charge in [0.15, 0.2) is 6.61 Å².